The second kappa shape index (κ2) is 7.62. The van der Waals surface area contributed by atoms with E-state index in [1.54, 1.807) is 23.1 Å². The number of aliphatic carboxylic acids is 1. The SMILES string of the molecule is CN(C)CCN(CC(=O)O)Cc1ccccc1C(N)=O. The number of carboxylic acids is 1. The quantitative estimate of drug-likeness (QED) is 0.711. The molecule has 110 valence electrons. The monoisotopic (exact) mass is 279 g/mol. The molecule has 0 aromatic heterocycles. The number of hydrogen-bond donors (Lipinski definition) is 2. The van der Waals surface area contributed by atoms with Gasteiger partial charge in [-0.3, -0.25) is 14.5 Å². The molecule has 20 heavy (non-hydrogen) atoms. The van der Waals surface area contributed by atoms with Crippen LogP contribution in [0, 0.1) is 0 Å². The van der Waals surface area contributed by atoms with Gasteiger partial charge in [0, 0.05) is 25.2 Å². The third-order valence-electron chi connectivity index (χ3n) is 2.90. The van der Waals surface area contributed by atoms with Gasteiger partial charge in [-0.05, 0) is 25.7 Å². The first-order chi connectivity index (χ1) is 9.40. The Morgan fingerprint density at radius 3 is 2.40 bits per heavy atom. The highest BCUT2D eigenvalue weighted by Crippen LogP contribution is 2.11. The highest BCUT2D eigenvalue weighted by molar-refractivity contribution is 5.94. The van der Waals surface area contributed by atoms with Gasteiger partial charge in [0.25, 0.3) is 0 Å². The summed E-state index contributed by atoms with van der Waals surface area (Å²) in [7, 11) is 3.85. The topological polar surface area (TPSA) is 86.9 Å². The van der Waals surface area contributed by atoms with Gasteiger partial charge in [0.1, 0.15) is 0 Å². The van der Waals surface area contributed by atoms with Crippen molar-refractivity contribution >= 4 is 11.9 Å². The minimum Gasteiger partial charge on any atom is -0.480 e. The van der Waals surface area contributed by atoms with Crippen LogP contribution in [0.3, 0.4) is 0 Å². The molecule has 0 spiro atoms. The van der Waals surface area contributed by atoms with Crippen LogP contribution in [0.1, 0.15) is 15.9 Å². The molecule has 0 aliphatic carbocycles. The van der Waals surface area contributed by atoms with Crippen LogP contribution in [0.25, 0.3) is 0 Å². The van der Waals surface area contributed by atoms with Gasteiger partial charge in [0.2, 0.25) is 5.91 Å². The van der Waals surface area contributed by atoms with Crippen molar-refractivity contribution in [1.29, 1.82) is 0 Å². The fraction of sp³-hybridized carbons (Fsp3) is 0.429. The van der Waals surface area contributed by atoms with E-state index in [2.05, 4.69) is 0 Å². The molecule has 0 aliphatic rings. The summed E-state index contributed by atoms with van der Waals surface area (Å²) >= 11 is 0. The molecular formula is C14H21N3O3. The van der Waals surface area contributed by atoms with E-state index in [0.717, 1.165) is 12.1 Å². The highest BCUT2D eigenvalue weighted by atomic mass is 16.4. The van der Waals surface area contributed by atoms with Crippen LogP contribution in [0.4, 0.5) is 0 Å². The molecular weight excluding hydrogens is 258 g/mol. The maximum atomic E-state index is 11.4. The van der Waals surface area contributed by atoms with Crippen molar-refractivity contribution in [3.05, 3.63) is 35.4 Å². The Balaban J connectivity index is 2.83. The van der Waals surface area contributed by atoms with E-state index in [4.69, 9.17) is 10.8 Å². The molecule has 1 aromatic carbocycles. The van der Waals surface area contributed by atoms with E-state index in [-0.39, 0.29) is 6.54 Å². The Morgan fingerprint density at radius 2 is 1.85 bits per heavy atom. The average molecular weight is 279 g/mol. The van der Waals surface area contributed by atoms with Gasteiger partial charge < -0.3 is 15.7 Å². The number of carbonyl (C=O) groups is 2. The van der Waals surface area contributed by atoms with Gasteiger partial charge in [0.05, 0.1) is 6.54 Å². The van der Waals surface area contributed by atoms with Crippen LogP contribution in [-0.4, -0.2) is 60.5 Å². The van der Waals surface area contributed by atoms with Gasteiger partial charge in [-0.15, -0.1) is 0 Å². The number of hydrogen-bond acceptors (Lipinski definition) is 4. The fourth-order valence-electron chi connectivity index (χ4n) is 1.89. The first-order valence-electron chi connectivity index (χ1n) is 6.36. The van der Waals surface area contributed by atoms with Crippen molar-refractivity contribution in [3.63, 3.8) is 0 Å². The predicted octanol–water partition coefficient (Wildman–Crippen LogP) is 0.234. The van der Waals surface area contributed by atoms with Crippen LogP contribution in [0.5, 0.6) is 0 Å². The van der Waals surface area contributed by atoms with Crippen molar-refractivity contribution in [1.82, 2.24) is 9.80 Å². The van der Waals surface area contributed by atoms with Crippen molar-refractivity contribution < 1.29 is 14.7 Å². The Labute approximate surface area is 118 Å². The molecule has 0 aliphatic heterocycles. The largest absolute Gasteiger partial charge is 0.480 e. The summed E-state index contributed by atoms with van der Waals surface area (Å²) < 4.78 is 0. The van der Waals surface area contributed by atoms with Gasteiger partial charge in [0.15, 0.2) is 0 Å². The first kappa shape index (κ1) is 16.1. The zero-order valence-corrected chi connectivity index (χ0v) is 11.9. The van der Waals surface area contributed by atoms with Gasteiger partial charge in [-0.25, -0.2) is 0 Å². The van der Waals surface area contributed by atoms with E-state index in [1.807, 2.05) is 25.1 Å². The molecule has 0 saturated carbocycles. The van der Waals surface area contributed by atoms with Crippen LogP contribution >= 0.6 is 0 Å². The van der Waals surface area contributed by atoms with Crippen LogP contribution in [0.2, 0.25) is 0 Å². The number of amides is 1. The van der Waals surface area contributed by atoms with Gasteiger partial charge >= 0.3 is 5.97 Å². The second-order valence-electron chi connectivity index (χ2n) is 4.93. The number of likely N-dealkylation sites (N-methyl/N-ethyl adjacent to an activating group) is 1. The Morgan fingerprint density at radius 1 is 1.20 bits per heavy atom. The summed E-state index contributed by atoms with van der Waals surface area (Å²) in [5.41, 5.74) is 6.52. The minimum absolute atomic E-state index is 0.0685. The summed E-state index contributed by atoms with van der Waals surface area (Å²) in [6.07, 6.45) is 0. The highest BCUT2D eigenvalue weighted by Gasteiger charge is 2.14. The Bertz CT molecular complexity index is 474. The summed E-state index contributed by atoms with van der Waals surface area (Å²) in [6.45, 7) is 1.67. The number of nitrogens with zero attached hydrogens (tertiary/aromatic N) is 2. The lowest BCUT2D eigenvalue weighted by Gasteiger charge is -2.23. The standard InChI is InChI=1S/C14H21N3O3/c1-16(2)7-8-17(10-13(18)19)9-11-5-3-4-6-12(11)14(15)20/h3-6H,7-10H2,1-2H3,(H2,15,20)(H,18,19). The van der Waals surface area contributed by atoms with E-state index in [1.165, 1.54) is 0 Å². The Kier molecular flexibility index (Phi) is 6.14. The average Bonchev–Trinajstić information content (AvgIpc) is 2.35. The zero-order valence-electron chi connectivity index (χ0n) is 11.9. The smallest absolute Gasteiger partial charge is 0.317 e. The number of carbonyl (C=O) groups excluding carboxylic acids is 1. The molecule has 0 fully saturated rings. The summed E-state index contributed by atoms with van der Waals surface area (Å²) in [5.74, 6) is -1.39. The fourth-order valence-corrected chi connectivity index (χ4v) is 1.89. The van der Waals surface area contributed by atoms with Crippen molar-refractivity contribution in [3.8, 4) is 0 Å². The third-order valence-corrected chi connectivity index (χ3v) is 2.90. The molecule has 0 saturated heterocycles. The lowest BCUT2D eigenvalue weighted by atomic mass is 10.1. The molecule has 0 atom stereocenters. The van der Waals surface area contributed by atoms with E-state index in [9.17, 15) is 9.59 Å². The molecule has 1 rings (SSSR count). The zero-order chi connectivity index (χ0) is 15.1. The normalized spacial score (nSPS) is 11.0. The lowest BCUT2D eigenvalue weighted by Crippen LogP contribution is -2.35. The molecule has 6 heteroatoms. The third kappa shape index (κ3) is 5.38. The summed E-state index contributed by atoms with van der Waals surface area (Å²) in [5, 5.41) is 8.96. The van der Waals surface area contributed by atoms with E-state index >= 15 is 0 Å². The molecule has 1 aromatic rings. The number of primary amides is 1. The maximum absolute atomic E-state index is 11.4. The Hall–Kier alpha value is -1.92. The number of carboxylic acid groups (broad SMARTS) is 1. The van der Waals surface area contributed by atoms with Crippen molar-refractivity contribution in [2.24, 2.45) is 5.73 Å². The van der Waals surface area contributed by atoms with E-state index < -0.39 is 11.9 Å². The van der Waals surface area contributed by atoms with Crippen LogP contribution in [-0.2, 0) is 11.3 Å². The molecule has 0 bridgehead atoms. The first-order valence-corrected chi connectivity index (χ1v) is 6.36. The number of benzene rings is 1. The number of rotatable bonds is 8. The molecule has 0 heterocycles. The molecule has 0 unspecified atom stereocenters. The molecule has 3 N–H and O–H groups in total. The summed E-state index contributed by atoms with van der Waals surface area (Å²) in [4.78, 5) is 26.1. The molecule has 6 nitrogen and oxygen atoms in total. The molecule has 0 radical (unpaired) electrons. The van der Waals surface area contributed by atoms with Crippen LogP contribution < -0.4 is 5.73 Å². The second-order valence-corrected chi connectivity index (χ2v) is 4.93. The molecule has 1 amide bonds. The number of nitrogens with two attached hydrogens (primary N) is 1. The minimum atomic E-state index is -0.889. The lowest BCUT2D eigenvalue weighted by molar-refractivity contribution is -0.138. The van der Waals surface area contributed by atoms with E-state index in [0.29, 0.717) is 18.7 Å². The summed E-state index contributed by atoms with van der Waals surface area (Å²) in [6, 6.07) is 7.00. The van der Waals surface area contributed by atoms with Gasteiger partial charge in [-0.2, -0.15) is 0 Å². The van der Waals surface area contributed by atoms with Crippen LogP contribution in [0.15, 0.2) is 24.3 Å². The predicted molar refractivity (Wildman–Crippen MR) is 76.4 cm³/mol. The van der Waals surface area contributed by atoms with Gasteiger partial charge in [-0.1, -0.05) is 18.2 Å². The van der Waals surface area contributed by atoms with Crippen molar-refractivity contribution in [2.45, 2.75) is 6.54 Å². The maximum Gasteiger partial charge on any atom is 0.317 e. The van der Waals surface area contributed by atoms with Crippen molar-refractivity contribution in [2.75, 3.05) is 33.7 Å².